The van der Waals surface area contributed by atoms with Crippen molar-refractivity contribution in [3.8, 4) is 0 Å². The van der Waals surface area contributed by atoms with Crippen LogP contribution in [0.4, 0.5) is 0 Å². The van der Waals surface area contributed by atoms with Crippen LogP contribution in [0.2, 0.25) is 0 Å². The van der Waals surface area contributed by atoms with Crippen LogP contribution in [0.25, 0.3) is 0 Å². The zero-order chi connectivity index (χ0) is 28.0. The second kappa shape index (κ2) is 10.8. The summed E-state index contributed by atoms with van der Waals surface area (Å²) in [7, 11) is 0. The summed E-state index contributed by atoms with van der Waals surface area (Å²) in [5.41, 5.74) is -0.982. The van der Waals surface area contributed by atoms with Gasteiger partial charge in [0.25, 0.3) is 0 Å². The highest BCUT2D eigenvalue weighted by Crippen LogP contribution is 2.39. The number of ether oxygens (including phenoxy) is 2. The Kier molecular flexibility index (Phi) is 8.73. The molecule has 0 amide bonds. The molecule has 0 unspecified atom stereocenters. The predicted molar refractivity (Wildman–Crippen MR) is 150 cm³/mol. The summed E-state index contributed by atoms with van der Waals surface area (Å²) < 4.78 is 15.3. The number of fused-ring (bicyclic) bond motifs is 3. The van der Waals surface area contributed by atoms with Gasteiger partial charge < -0.3 is 28.9 Å². The maximum absolute atomic E-state index is 10.5. The number of hydrogen-bond donors (Lipinski definition) is 2. The first-order valence-corrected chi connectivity index (χ1v) is 15.4. The maximum atomic E-state index is 10.5. The van der Waals surface area contributed by atoms with E-state index in [-0.39, 0.29) is 34.4 Å². The van der Waals surface area contributed by atoms with E-state index in [1.807, 2.05) is 0 Å². The minimum absolute atomic E-state index is 0.228. The van der Waals surface area contributed by atoms with Gasteiger partial charge in [-0.05, 0) is 81.1 Å². The average Bonchev–Trinajstić information content (AvgIpc) is 2.82. The third kappa shape index (κ3) is 6.59. The van der Waals surface area contributed by atoms with E-state index in [1.165, 1.54) is 71.5 Å². The molecule has 8 nitrogen and oxygen atoms in total. The van der Waals surface area contributed by atoms with Crippen LogP contribution in [0.5, 0.6) is 0 Å². The Labute approximate surface area is 232 Å². The monoisotopic (exact) mass is 540 g/mol. The van der Waals surface area contributed by atoms with Gasteiger partial charge in [-0.2, -0.15) is 10.1 Å². The lowest BCUT2D eigenvalue weighted by Crippen LogP contribution is -2.75. The molecule has 0 atom stereocenters. The molecular weight excluding hydrogens is 480 g/mol. The summed E-state index contributed by atoms with van der Waals surface area (Å²) >= 11 is 0. The molecule has 0 aromatic rings. The van der Waals surface area contributed by atoms with Crippen molar-refractivity contribution in [3.63, 3.8) is 0 Å². The van der Waals surface area contributed by atoms with Gasteiger partial charge in [0.05, 0.1) is 38.5 Å². The first-order chi connectivity index (χ1) is 17.5. The van der Waals surface area contributed by atoms with Crippen molar-refractivity contribution >= 4 is 0 Å². The zero-order valence-electron chi connectivity index (χ0n) is 26.0. The van der Waals surface area contributed by atoms with Crippen molar-refractivity contribution < 1.29 is 28.9 Å². The molecule has 0 aliphatic carbocycles. The van der Waals surface area contributed by atoms with Crippen LogP contribution >= 0.6 is 0 Å². The molecule has 38 heavy (non-hydrogen) atoms. The average molecular weight is 541 g/mol. The van der Waals surface area contributed by atoms with E-state index >= 15 is 0 Å². The van der Waals surface area contributed by atoms with E-state index in [0.717, 1.165) is 51.7 Å². The van der Waals surface area contributed by atoms with Crippen LogP contribution in [-0.2, 0) is 9.47 Å². The second-order valence-corrected chi connectivity index (χ2v) is 15.9. The summed E-state index contributed by atoms with van der Waals surface area (Å²) in [5.74, 6) is 0. The molecule has 5 rings (SSSR count). The third-order valence-electron chi connectivity index (χ3n) is 10.6. The highest BCUT2D eigenvalue weighted by atomic mass is 16.5. The van der Waals surface area contributed by atoms with Crippen molar-refractivity contribution in [1.29, 1.82) is 0 Å². The predicted octanol–water partition coefficient (Wildman–Crippen LogP) is 4.28. The molecule has 2 N–H and O–H groups in total. The van der Waals surface area contributed by atoms with E-state index in [9.17, 15) is 10.4 Å². The lowest BCUT2D eigenvalue weighted by molar-refractivity contribution is -1.08. The largest absolute Gasteiger partial charge is 0.378 e. The fraction of sp³-hybridized carbons (Fsp3) is 1.00. The first-order valence-electron chi connectivity index (χ1n) is 15.4. The molecule has 222 valence electrons. The molecule has 0 aromatic carbocycles. The molecule has 2 bridgehead atoms. The lowest BCUT2D eigenvalue weighted by Gasteiger charge is -2.56. The van der Waals surface area contributed by atoms with Crippen LogP contribution in [-0.4, -0.2) is 129 Å². The van der Waals surface area contributed by atoms with Gasteiger partial charge in [0.2, 0.25) is 0 Å². The summed E-state index contributed by atoms with van der Waals surface area (Å²) in [5, 5.41) is 24.2. The highest BCUT2D eigenvalue weighted by Gasteiger charge is 2.49. The molecule has 5 heterocycles. The fourth-order valence-electron chi connectivity index (χ4n) is 8.51. The van der Waals surface area contributed by atoms with Gasteiger partial charge in [-0.15, -0.1) is 0 Å². The van der Waals surface area contributed by atoms with Gasteiger partial charge in [0, 0.05) is 35.0 Å². The summed E-state index contributed by atoms with van der Waals surface area (Å²) in [6.45, 7) is 28.9. The summed E-state index contributed by atoms with van der Waals surface area (Å²) in [4.78, 5) is 0. The number of piperazine rings is 3. The fourth-order valence-corrected chi connectivity index (χ4v) is 8.51. The van der Waals surface area contributed by atoms with Crippen molar-refractivity contribution in [2.24, 2.45) is 0 Å². The molecule has 5 fully saturated rings. The number of nitrogens with zero attached hydrogens (tertiary/aromatic N) is 4. The number of quaternary nitrogens is 2. The Bertz CT molecular complexity index is 688. The van der Waals surface area contributed by atoms with Crippen LogP contribution in [0.15, 0.2) is 0 Å². The van der Waals surface area contributed by atoms with Gasteiger partial charge in [-0.1, -0.05) is 0 Å². The van der Waals surface area contributed by atoms with Gasteiger partial charge in [0.1, 0.15) is 39.3 Å². The van der Waals surface area contributed by atoms with Crippen LogP contribution in [0.1, 0.15) is 93.9 Å². The minimum atomic E-state index is -0.246. The van der Waals surface area contributed by atoms with E-state index in [0.29, 0.717) is 0 Å². The maximum Gasteiger partial charge on any atom is 0.129 e. The van der Waals surface area contributed by atoms with Crippen LogP contribution < -0.4 is 0 Å². The second-order valence-electron chi connectivity index (χ2n) is 15.9. The van der Waals surface area contributed by atoms with Crippen LogP contribution in [0, 0.1) is 0 Å². The first kappa shape index (κ1) is 30.6. The summed E-state index contributed by atoms with van der Waals surface area (Å²) in [6, 6.07) is 0. The smallest absolute Gasteiger partial charge is 0.129 e. The van der Waals surface area contributed by atoms with E-state index in [4.69, 9.17) is 9.47 Å². The van der Waals surface area contributed by atoms with Crippen LogP contribution in [0.3, 0.4) is 0 Å². The van der Waals surface area contributed by atoms with E-state index in [1.54, 1.807) is 0 Å². The molecule has 0 spiro atoms. The van der Waals surface area contributed by atoms with Gasteiger partial charge in [0.15, 0.2) is 0 Å². The Morgan fingerprint density at radius 1 is 0.553 bits per heavy atom. The Morgan fingerprint density at radius 3 is 1.08 bits per heavy atom. The molecule has 5 saturated heterocycles. The standard InChI is InChI=1S/C30H60N4O4/c1-27(2)21-25(22-28(3,4)31(27)35)37-19-9-11-33-13-16-34(17-14-33,18-15-33)12-10-20-38-26-23-29(5,6)32(36)30(7,8)24-26/h25-26,35-36H,9-24H2,1-8H3/q+2. The van der Waals surface area contributed by atoms with E-state index < -0.39 is 0 Å². The normalized spacial score (nSPS) is 35.5. The van der Waals surface area contributed by atoms with Crippen molar-refractivity contribution in [1.82, 2.24) is 10.1 Å². The zero-order valence-corrected chi connectivity index (χ0v) is 26.0. The molecule has 5 aliphatic rings. The minimum Gasteiger partial charge on any atom is -0.378 e. The van der Waals surface area contributed by atoms with Gasteiger partial charge in [-0.3, -0.25) is 0 Å². The SMILES string of the molecule is CC1(C)CC(OCCC[N+]23CC[N+](CCCOC4CC(C)(C)N(O)C(C)(C)C4)(CC2)CC3)CC(C)(C)N1O. The molecule has 0 radical (unpaired) electrons. The Balaban J connectivity index is 1.14. The molecule has 8 heteroatoms. The quantitative estimate of drug-likeness (QED) is 0.319. The van der Waals surface area contributed by atoms with Crippen molar-refractivity contribution in [2.75, 3.05) is 65.6 Å². The van der Waals surface area contributed by atoms with E-state index in [2.05, 4.69) is 55.4 Å². The molecule has 5 aliphatic heterocycles. The number of piperidine rings is 2. The Hall–Kier alpha value is -0.320. The van der Waals surface area contributed by atoms with Crippen molar-refractivity contribution in [2.45, 2.75) is 128 Å². The Morgan fingerprint density at radius 2 is 0.816 bits per heavy atom. The molecular formula is C30H60N4O4+2. The number of hydroxylamine groups is 4. The number of hydrogen-bond acceptors (Lipinski definition) is 6. The highest BCUT2D eigenvalue weighted by molar-refractivity contribution is 4.97. The molecule has 0 saturated carbocycles. The van der Waals surface area contributed by atoms with Gasteiger partial charge in [-0.25, -0.2) is 0 Å². The molecule has 0 aromatic heterocycles. The van der Waals surface area contributed by atoms with Crippen molar-refractivity contribution in [3.05, 3.63) is 0 Å². The van der Waals surface area contributed by atoms with Gasteiger partial charge >= 0.3 is 0 Å². The number of rotatable bonds is 10. The third-order valence-corrected chi connectivity index (χ3v) is 10.6. The topological polar surface area (TPSA) is 65.4 Å². The summed E-state index contributed by atoms with van der Waals surface area (Å²) in [6.07, 6.45) is 6.25. The lowest BCUT2D eigenvalue weighted by atomic mass is 9.80.